The Balaban J connectivity index is 1.25. The fourth-order valence-electron chi connectivity index (χ4n) is 3.06. The van der Waals surface area contributed by atoms with E-state index in [1.165, 1.54) is 25.0 Å². The first-order chi connectivity index (χ1) is 15.4. The average molecular weight is 444 g/mol. The van der Waals surface area contributed by atoms with E-state index in [4.69, 9.17) is 9.57 Å². The summed E-state index contributed by atoms with van der Waals surface area (Å²) in [4.78, 5) is 9.68. The van der Waals surface area contributed by atoms with Crippen molar-refractivity contribution in [3.8, 4) is 5.88 Å². The number of pyridine rings is 1. The highest BCUT2D eigenvalue weighted by atomic mass is 19.3. The van der Waals surface area contributed by atoms with Crippen LogP contribution in [0.5, 0.6) is 5.88 Å². The number of hydrazine groups is 2. The molecule has 1 aromatic heterocycles. The molecule has 8 nitrogen and oxygen atoms in total. The van der Waals surface area contributed by atoms with Crippen molar-refractivity contribution in [3.05, 3.63) is 59.3 Å². The van der Waals surface area contributed by atoms with Crippen LogP contribution < -0.4 is 15.8 Å². The minimum absolute atomic E-state index is 0.0301. The highest BCUT2D eigenvalue weighted by Crippen LogP contribution is 2.29. The summed E-state index contributed by atoms with van der Waals surface area (Å²) in [5.74, 6) is -0.874. The quantitative estimate of drug-likeness (QED) is 0.431. The van der Waals surface area contributed by atoms with Crippen molar-refractivity contribution in [3.63, 3.8) is 0 Å². The molecular weight excluding hydrogens is 418 g/mol. The van der Waals surface area contributed by atoms with Crippen LogP contribution in [0.15, 0.2) is 52.9 Å². The number of nitrogens with one attached hydrogen (secondary N) is 2. The first kappa shape index (κ1) is 21.9. The maximum absolute atomic E-state index is 13.3. The highest BCUT2D eigenvalue weighted by Gasteiger charge is 2.28. The summed E-state index contributed by atoms with van der Waals surface area (Å²) in [5.41, 5.74) is 7.91. The van der Waals surface area contributed by atoms with Crippen LogP contribution in [0.2, 0.25) is 0 Å². The lowest BCUT2D eigenvalue weighted by molar-refractivity contribution is 0.0174. The number of oxime groups is 1. The molecule has 2 heterocycles. The van der Waals surface area contributed by atoms with Crippen molar-refractivity contribution in [1.29, 1.82) is 0 Å². The van der Waals surface area contributed by atoms with Crippen molar-refractivity contribution in [2.24, 2.45) is 16.2 Å². The number of halogens is 2. The molecule has 10 heteroatoms. The van der Waals surface area contributed by atoms with Crippen LogP contribution in [-0.4, -0.2) is 34.7 Å². The van der Waals surface area contributed by atoms with Gasteiger partial charge in [0.05, 0.1) is 5.71 Å². The van der Waals surface area contributed by atoms with Gasteiger partial charge in [-0.15, -0.1) is 10.6 Å². The summed E-state index contributed by atoms with van der Waals surface area (Å²) >= 11 is 0. The van der Waals surface area contributed by atoms with Crippen LogP contribution in [0, 0.1) is 5.92 Å². The van der Waals surface area contributed by atoms with Crippen molar-refractivity contribution in [2.75, 3.05) is 13.2 Å². The normalized spacial score (nSPS) is 16.6. The van der Waals surface area contributed by atoms with Gasteiger partial charge >= 0.3 is 0 Å². The number of hydrazone groups is 1. The minimum atomic E-state index is -2.86. The molecule has 1 aliphatic heterocycles. The Morgan fingerprint density at radius 1 is 1.19 bits per heavy atom. The maximum atomic E-state index is 13.3. The van der Waals surface area contributed by atoms with Gasteiger partial charge in [0.25, 0.3) is 5.92 Å². The lowest BCUT2D eigenvalue weighted by atomic mass is 10.1. The largest absolute Gasteiger partial charge is 0.469 e. The predicted octanol–water partition coefficient (Wildman–Crippen LogP) is 3.56. The summed E-state index contributed by atoms with van der Waals surface area (Å²) in [5, 5.41) is 10.2. The number of aromatic nitrogens is 1. The van der Waals surface area contributed by atoms with Crippen molar-refractivity contribution in [1.82, 2.24) is 21.1 Å². The van der Waals surface area contributed by atoms with Gasteiger partial charge in [-0.1, -0.05) is 29.4 Å². The number of nitrogens with zero attached hydrogens (tertiary/aromatic N) is 4. The molecule has 0 unspecified atom stereocenters. The second-order valence-electron chi connectivity index (χ2n) is 8.01. The van der Waals surface area contributed by atoms with Crippen LogP contribution in [0.1, 0.15) is 43.4 Å². The first-order valence-corrected chi connectivity index (χ1v) is 10.5. The smallest absolute Gasteiger partial charge is 0.270 e. The van der Waals surface area contributed by atoms with E-state index in [0.717, 1.165) is 36.3 Å². The molecule has 2 aliphatic rings. The summed E-state index contributed by atoms with van der Waals surface area (Å²) in [6.45, 7) is 4.07. The van der Waals surface area contributed by atoms with E-state index in [2.05, 4.69) is 26.3 Å². The molecule has 4 rings (SSSR count). The minimum Gasteiger partial charge on any atom is -0.469 e. The van der Waals surface area contributed by atoms with Gasteiger partial charge in [-0.25, -0.2) is 19.3 Å². The van der Waals surface area contributed by atoms with E-state index in [9.17, 15) is 8.78 Å². The van der Waals surface area contributed by atoms with Crippen molar-refractivity contribution in [2.45, 2.75) is 39.2 Å². The Bertz CT molecular complexity index is 969. The second-order valence-corrected chi connectivity index (χ2v) is 8.01. The SMILES string of the molecule is CC(=NOCc1ccc(C(C)(F)F)cc1)c1ccc(OCC2=NNNN2CC2CC2)nc1. The molecule has 0 atom stereocenters. The number of ether oxygens (including phenoxy) is 1. The number of benzene rings is 1. The lowest BCUT2D eigenvalue weighted by Crippen LogP contribution is -2.43. The fraction of sp³-hybridized carbons (Fsp3) is 0.409. The molecule has 1 aliphatic carbocycles. The summed E-state index contributed by atoms with van der Waals surface area (Å²) in [6, 6.07) is 9.61. The van der Waals surface area contributed by atoms with Crippen molar-refractivity contribution < 1.29 is 18.4 Å². The van der Waals surface area contributed by atoms with Gasteiger partial charge in [-0.2, -0.15) is 0 Å². The topological polar surface area (TPSA) is 83.4 Å². The number of rotatable bonds is 10. The molecular formula is C22H26F2N6O2. The zero-order valence-electron chi connectivity index (χ0n) is 18.0. The van der Waals surface area contributed by atoms with Gasteiger partial charge in [-0.3, -0.25) is 5.01 Å². The monoisotopic (exact) mass is 444 g/mol. The molecule has 170 valence electrons. The Kier molecular flexibility index (Phi) is 6.50. The number of hydrogen-bond acceptors (Lipinski definition) is 8. The highest BCUT2D eigenvalue weighted by molar-refractivity contribution is 5.98. The summed E-state index contributed by atoms with van der Waals surface area (Å²) < 4.78 is 32.3. The van der Waals surface area contributed by atoms with Crippen LogP contribution in [0.25, 0.3) is 0 Å². The van der Waals surface area contributed by atoms with Gasteiger partial charge < -0.3 is 9.57 Å². The van der Waals surface area contributed by atoms with E-state index < -0.39 is 5.92 Å². The lowest BCUT2D eigenvalue weighted by Gasteiger charge is -2.18. The van der Waals surface area contributed by atoms with Crippen LogP contribution >= 0.6 is 0 Å². The zero-order valence-corrected chi connectivity index (χ0v) is 18.0. The second kappa shape index (κ2) is 9.47. The molecule has 0 radical (unpaired) electrons. The molecule has 0 saturated heterocycles. The Morgan fingerprint density at radius 3 is 2.62 bits per heavy atom. The predicted molar refractivity (Wildman–Crippen MR) is 116 cm³/mol. The molecule has 0 amide bonds. The Hall–Kier alpha value is -3.27. The molecule has 1 saturated carbocycles. The zero-order chi connectivity index (χ0) is 22.6. The standard InChI is InChI=1S/C22H26F2N6O2/c1-15(27-32-13-17-5-8-19(9-6-17)22(2,23)24)18-7-10-21(25-11-18)31-14-20-26-28-29-30(20)12-16-3-4-16/h5-11,16,28-29H,3-4,12-14H2,1-2H3. The van der Waals surface area contributed by atoms with Gasteiger partial charge in [0.15, 0.2) is 12.4 Å². The maximum Gasteiger partial charge on any atom is 0.270 e. The van der Waals surface area contributed by atoms with Gasteiger partial charge in [0.1, 0.15) is 6.61 Å². The summed E-state index contributed by atoms with van der Waals surface area (Å²) in [7, 11) is 0. The third-order valence-electron chi connectivity index (χ3n) is 5.22. The number of alkyl halides is 2. The van der Waals surface area contributed by atoms with Crippen LogP contribution in [-0.2, 0) is 17.4 Å². The fourth-order valence-corrected chi connectivity index (χ4v) is 3.06. The van der Waals surface area contributed by atoms with Gasteiger partial charge in [0, 0.05) is 36.9 Å². The van der Waals surface area contributed by atoms with E-state index in [1.54, 1.807) is 31.3 Å². The number of amidine groups is 1. The average Bonchev–Trinajstić information content (AvgIpc) is 3.49. The molecule has 2 N–H and O–H groups in total. The van der Waals surface area contributed by atoms with E-state index in [-0.39, 0.29) is 12.2 Å². The van der Waals surface area contributed by atoms with E-state index in [0.29, 0.717) is 18.2 Å². The van der Waals surface area contributed by atoms with E-state index in [1.807, 2.05) is 11.1 Å². The van der Waals surface area contributed by atoms with E-state index >= 15 is 0 Å². The Morgan fingerprint density at radius 2 is 1.97 bits per heavy atom. The van der Waals surface area contributed by atoms with Crippen molar-refractivity contribution >= 4 is 11.5 Å². The molecule has 2 aromatic rings. The third-order valence-corrected chi connectivity index (χ3v) is 5.22. The summed E-state index contributed by atoms with van der Waals surface area (Å²) in [6.07, 6.45) is 4.17. The molecule has 0 spiro atoms. The number of hydrogen-bond donors (Lipinski definition) is 2. The molecule has 1 fully saturated rings. The Labute approximate surface area is 185 Å². The van der Waals surface area contributed by atoms with Gasteiger partial charge in [0.2, 0.25) is 5.88 Å². The first-order valence-electron chi connectivity index (χ1n) is 10.5. The van der Waals surface area contributed by atoms with Crippen LogP contribution in [0.3, 0.4) is 0 Å². The van der Waals surface area contributed by atoms with Gasteiger partial charge in [-0.05, 0) is 37.3 Å². The molecule has 32 heavy (non-hydrogen) atoms. The third kappa shape index (κ3) is 5.91. The molecule has 0 bridgehead atoms. The van der Waals surface area contributed by atoms with Crippen LogP contribution in [0.4, 0.5) is 8.78 Å². The molecule has 1 aromatic carbocycles.